The summed E-state index contributed by atoms with van der Waals surface area (Å²) in [6, 6.07) is 2.87. The Hall–Kier alpha value is -1.76. The van der Waals surface area contributed by atoms with Gasteiger partial charge in [-0.25, -0.2) is 4.98 Å². The van der Waals surface area contributed by atoms with Crippen LogP contribution in [0.4, 0.5) is 13.2 Å². The maximum absolute atomic E-state index is 12.1. The molecule has 2 aromatic rings. The molecule has 4 nitrogen and oxygen atoms in total. The van der Waals surface area contributed by atoms with Crippen molar-refractivity contribution in [3.8, 4) is 5.75 Å². The van der Waals surface area contributed by atoms with Crippen molar-refractivity contribution in [2.45, 2.75) is 13.0 Å². The summed E-state index contributed by atoms with van der Waals surface area (Å²) >= 11 is 0. The van der Waals surface area contributed by atoms with E-state index in [1.807, 2.05) is 0 Å². The molecule has 0 amide bonds. The second kappa shape index (κ2) is 3.67. The fraction of sp³-hybridized carbons (Fsp3) is 0.222. The molecule has 0 unspecified atom stereocenters. The predicted molar refractivity (Wildman–Crippen MR) is 48.7 cm³/mol. The van der Waals surface area contributed by atoms with Gasteiger partial charge in [0.15, 0.2) is 5.75 Å². The van der Waals surface area contributed by atoms with Crippen LogP contribution < -0.4 is 4.74 Å². The number of ether oxygens (including phenoxy) is 1. The van der Waals surface area contributed by atoms with Gasteiger partial charge in [0.25, 0.3) is 0 Å². The normalized spacial score (nSPS) is 12.0. The summed E-state index contributed by atoms with van der Waals surface area (Å²) in [4.78, 5) is 6.38. The smallest absolute Gasteiger partial charge is 0.403 e. The fourth-order valence-corrected chi connectivity index (χ4v) is 1.38. The molecule has 0 spiro atoms. The number of nitrogens with zero attached hydrogens (tertiary/aromatic N) is 1. The molecule has 0 saturated carbocycles. The molecule has 0 bridgehead atoms. The van der Waals surface area contributed by atoms with Gasteiger partial charge in [-0.15, -0.1) is 13.2 Å². The first-order valence-electron chi connectivity index (χ1n) is 4.33. The topological polar surface area (TPSA) is 58.1 Å². The van der Waals surface area contributed by atoms with E-state index in [0.717, 1.165) is 0 Å². The molecule has 2 N–H and O–H groups in total. The van der Waals surface area contributed by atoms with Crippen molar-refractivity contribution >= 4 is 11.0 Å². The van der Waals surface area contributed by atoms with Gasteiger partial charge in [-0.2, -0.15) is 0 Å². The van der Waals surface area contributed by atoms with Crippen molar-refractivity contribution in [2.75, 3.05) is 0 Å². The number of aromatic nitrogens is 2. The van der Waals surface area contributed by atoms with E-state index in [4.69, 9.17) is 5.11 Å². The second-order valence-electron chi connectivity index (χ2n) is 3.06. The first-order valence-corrected chi connectivity index (χ1v) is 4.33. The van der Waals surface area contributed by atoms with Crippen LogP contribution >= 0.6 is 0 Å². The summed E-state index contributed by atoms with van der Waals surface area (Å²) in [6.45, 7) is -0.547. The van der Waals surface area contributed by atoms with E-state index in [-0.39, 0.29) is 11.1 Å². The Morgan fingerprint density at radius 2 is 2.12 bits per heavy atom. The SMILES string of the molecule is OCc1ccc2[nH]cnc2c1OC(F)(F)F. The van der Waals surface area contributed by atoms with Crippen LogP contribution in [0.5, 0.6) is 5.75 Å². The zero-order valence-corrected chi connectivity index (χ0v) is 7.88. The van der Waals surface area contributed by atoms with Crippen molar-refractivity contribution in [3.63, 3.8) is 0 Å². The number of aliphatic hydroxyl groups excluding tert-OH is 1. The van der Waals surface area contributed by atoms with Gasteiger partial charge < -0.3 is 14.8 Å². The summed E-state index contributed by atoms with van der Waals surface area (Å²) in [5.41, 5.74) is 0.497. The summed E-state index contributed by atoms with van der Waals surface area (Å²) < 4.78 is 40.3. The Balaban J connectivity index is 2.57. The lowest BCUT2D eigenvalue weighted by Crippen LogP contribution is -2.18. The third-order valence-corrected chi connectivity index (χ3v) is 2.01. The number of hydrogen-bond donors (Lipinski definition) is 2. The van der Waals surface area contributed by atoms with Crippen LogP contribution in [0.15, 0.2) is 18.5 Å². The summed E-state index contributed by atoms with van der Waals surface area (Å²) in [5.74, 6) is -0.464. The van der Waals surface area contributed by atoms with Gasteiger partial charge >= 0.3 is 6.36 Å². The molecule has 16 heavy (non-hydrogen) atoms. The predicted octanol–water partition coefficient (Wildman–Crippen LogP) is 1.95. The summed E-state index contributed by atoms with van der Waals surface area (Å²) in [5, 5.41) is 8.93. The zero-order valence-electron chi connectivity index (χ0n) is 7.88. The van der Waals surface area contributed by atoms with E-state index < -0.39 is 18.7 Å². The highest BCUT2D eigenvalue weighted by atomic mass is 19.4. The highest BCUT2D eigenvalue weighted by molar-refractivity contribution is 5.82. The van der Waals surface area contributed by atoms with E-state index >= 15 is 0 Å². The zero-order chi connectivity index (χ0) is 11.8. The number of benzene rings is 1. The lowest BCUT2D eigenvalue weighted by Gasteiger charge is -2.12. The van der Waals surface area contributed by atoms with Gasteiger partial charge in [-0.1, -0.05) is 6.07 Å². The van der Waals surface area contributed by atoms with Crippen LogP contribution in [-0.2, 0) is 6.61 Å². The van der Waals surface area contributed by atoms with Crippen LogP contribution in [-0.4, -0.2) is 21.4 Å². The Morgan fingerprint density at radius 3 is 2.75 bits per heavy atom. The van der Waals surface area contributed by atoms with Crippen molar-refractivity contribution in [3.05, 3.63) is 24.0 Å². The number of hydrogen-bond acceptors (Lipinski definition) is 3. The summed E-state index contributed by atoms with van der Waals surface area (Å²) in [6.07, 6.45) is -3.55. The first-order chi connectivity index (χ1) is 7.51. The average Bonchev–Trinajstić information content (AvgIpc) is 2.64. The molecule has 7 heteroatoms. The molecule has 0 aliphatic heterocycles. The van der Waals surface area contributed by atoms with Gasteiger partial charge in [-0.05, 0) is 6.07 Å². The van der Waals surface area contributed by atoms with Crippen molar-refractivity contribution < 1.29 is 23.0 Å². The minimum absolute atomic E-state index is 0.0388. The summed E-state index contributed by atoms with van der Waals surface area (Å²) in [7, 11) is 0. The van der Waals surface area contributed by atoms with Gasteiger partial charge in [-0.3, -0.25) is 0 Å². The minimum Gasteiger partial charge on any atom is -0.403 e. The maximum atomic E-state index is 12.1. The molecule has 0 aliphatic rings. The number of rotatable bonds is 2. The molecular formula is C9H7F3N2O2. The van der Waals surface area contributed by atoms with E-state index in [1.54, 1.807) is 0 Å². The standard InChI is InChI=1S/C9H7F3N2O2/c10-9(11,12)16-8-5(3-15)1-2-6-7(8)14-4-13-6/h1-2,4,15H,3H2,(H,13,14). The van der Waals surface area contributed by atoms with Crippen LogP contribution in [0.1, 0.15) is 5.56 Å². The molecule has 0 saturated heterocycles. The van der Waals surface area contributed by atoms with E-state index in [0.29, 0.717) is 5.52 Å². The molecule has 0 aliphatic carbocycles. The van der Waals surface area contributed by atoms with E-state index in [9.17, 15) is 13.2 Å². The minimum atomic E-state index is -4.81. The van der Waals surface area contributed by atoms with Gasteiger partial charge in [0.05, 0.1) is 18.5 Å². The van der Waals surface area contributed by atoms with Gasteiger partial charge in [0.2, 0.25) is 0 Å². The number of H-pyrrole nitrogens is 1. The van der Waals surface area contributed by atoms with E-state index in [1.165, 1.54) is 18.5 Å². The van der Waals surface area contributed by atoms with Crippen LogP contribution in [0.2, 0.25) is 0 Å². The number of alkyl halides is 3. The maximum Gasteiger partial charge on any atom is 0.573 e. The Bertz CT molecular complexity index is 507. The monoisotopic (exact) mass is 232 g/mol. The average molecular weight is 232 g/mol. The number of halogens is 3. The van der Waals surface area contributed by atoms with Crippen molar-refractivity contribution in [1.29, 1.82) is 0 Å². The third-order valence-electron chi connectivity index (χ3n) is 2.01. The van der Waals surface area contributed by atoms with Gasteiger partial charge in [0, 0.05) is 5.56 Å². The molecule has 1 heterocycles. The number of fused-ring (bicyclic) bond motifs is 1. The molecule has 0 fully saturated rings. The number of nitrogens with one attached hydrogen (secondary N) is 1. The number of aromatic amines is 1. The highest BCUT2D eigenvalue weighted by Crippen LogP contribution is 2.32. The van der Waals surface area contributed by atoms with Crippen LogP contribution in [0.25, 0.3) is 11.0 Å². The van der Waals surface area contributed by atoms with Crippen LogP contribution in [0, 0.1) is 0 Å². The molecule has 0 atom stereocenters. The Kier molecular flexibility index (Phi) is 2.47. The Labute approximate surface area is 87.7 Å². The number of imidazole rings is 1. The quantitative estimate of drug-likeness (QED) is 0.832. The Morgan fingerprint density at radius 1 is 1.38 bits per heavy atom. The van der Waals surface area contributed by atoms with Crippen molar-refractivity contribution in [2.24, 2.45) is 0 Å². The number of aliphatic hydroxyl groups is 1. The van der Waals surface area contributed by atoms with E-state index in [2.05, 4.69) is 14.7 Å². The molecular weight excluding hydrogens is 225 g/mol. The largest absolute Gasteiger partial charge is 0.573 e. The third kappa shape index (κ3) is 1.94. The second-order valence-corrected chi connectivity index (χ2v) is 3.06. The lowest BCUT2D eigenvalue weighted by atomic mass is 10.2. The molecule has 86 valence electrons. The fourth-order valence-electron chi connectivity index (χ4n) is 1.38. The van der Waals surface area contributed by atoms with Crippen molar-refractivity contribution in [1.82, 2.24) is 9.97 Å². The molecule has 1 aromatic heterocycles. The lowest BCUT2D eigenvalue weighted by molar-refractivity contribution is -0.274. The van der Waals surface area contributed by atoms with Crippen LogP contribution in [0.3, 0.4) is 0 Å². The highest BCUT2D eigenvalue weighted by Gasteiger charge is 2.33. The first kappa shape index (κ1) is 10.7. The van der Waals surface area contributed by atoms with Gasteiger partial charge in [0.1, 0.15) is 5.52 Å². The molecule has 1 aromatic carbocycles. The molecule has 2 rings (SSSR count). The molecule has 0 radical (unpaired) electrons.